The van der Waals surface area contributed by atoms with Crippen LogP contribution in [0, 0.1) is 6.92 Å². The minimum Gasteiger partial charge on any atom is -0.481 e. The van der Waals surface area contributed by atoms with Crippen molar-refractivity contribution in [2.24, 2.45) is 0 Å². The molecule has 0 aliphatic carbocycles. The summed E-state index contributed by atoms with van der Waals surface area (Å²) < 4.78 is 26.1. The van der Waals surface area contributed by atoms with Gasteiger partial charge in [0, 0.05) is 17.6 Å². The zero-order chi connectivity index (χ0) is 18.5. The van der Waals surface area contributed by atoms with Crippen LogP contribution in [0.15, 0.2) is 23.1 Å². The van der Waals surface area contributed by atoms with E-state index in [-0.39, 0.29) is 17.7 Å². The van der Waals surface area contributed by atoms with Gasteiger partial charge in [0.05, 0.1) is 4.90 Å². The Morgan fingerprint density at radius 3 is 2.42 bits per heavy atom. The number of amides is 2. The molecule has 9 heteroatoms. The SMILES string of the molecule is CNS(=O)(=O)c1cccc(NC(=O)NC(C)(C)CCC(=O)O)c1C. The fourth-order valence-electron chi connectivity index (χ4n) is 2.09. The number of carbonyl (C=O) groups is 2. The van der Waals surface area contributed by atoms with E-state index in [4.69, 9.17) is 5.11 Å². The molecule has 1 aromatic carbocycles. The number of urea groups is 1. The van der Waals surface area contributed by atoms with Gasteiger partial charge in [-0.1, -0.05) is 6.07 Å². The van der Waals surface area contributed by atoms with Gasteiger partial charge in [-0.3, -0.25) is 4.79 Å². The predicted molar refractivity (Wildman–Crippen MR) is 90.5 cm³/mol. The summed E-state index contributed by atoms with van der Waals surface area (Å²) in [6, 6.07) is 4.03. The molecule has 0 bridgehead atoms. The number of rotatable bonds is 7. The molecule has 1 rings (SSSR count). The van der Waals surface area contributed by atoms with Crippen molar-refractivity contribution in [2.75, 3.05) is 12.4 Å². The third-order valence-corrected chi connectivity index (χ3v) is 5.07. The molecule has 0 atom stereocenters. The second kappa shape index (κ2) is 7.63. The number of anilines is 1. The molecule has 0 spiro atoms. The topological polar surface area (TPSA) is 125 Å². The third kappa shape index (κ3) is 5.50. The lowest BCUT2D eigenvalue weighted by Gasteiger charge is -2.26. The smallest absolute Gasteiger partial charge is 0.319 e. The number of carboxylic acids is 1. The number of carbonyl (C=O) groups excluding carboxylic acids is 1. The summed E-state index contributed by atoms with van der Waals surface area (Å²) in [7, 11) is -2.32. The molecule has 0 heterocycles. The zero-order valence-electron chi connectivity index (χ0n) is 14.1. The number of hydrogen-bond donors (Lipinski definition) is 4. The molecule has 0 aliphatic rings. The van der Waals surface area contributed by atoms with Crippen LogP contribution in [0.1, 0.15) is 32.3 Å². The summed E-state index contributed by atoms with van der Waals surface area (Å²) in [6.45, 7) is 5.02. The lowest BCUT2D eigenvalue weighted by molar-refractivity contribution is -0.137. The molecule has 0 saturated heterocycles. The van der Waals surface area contributed by atoms with Crippen LogP contribution in [0.3, 0.4) is 0 Å². The summed E-state index contributed by atoms with van der Waals surface area (Å²) in [6.07, 6.45) is 0.200. The first-order valence-corrected chi connectivity index (χ1v) is 8.81. The minimum atomic E-state index is -3.63. The largest absolute Gasteiger partial charge is 0.481 e. The van der Waals surface area contributed by atoms with Gasteiger partial charge in [0.25, 0.3) is 0 Å². The predicted octanol–water partition coefficient (Wildman–Crippen LogP) is 1.67. The molecule has 134 valence electrons. The van der Waals surface area contributed by atoms with Gasteiger partial charge < -0.3 is 15.7 Å². The Labute approximate surface area is 141 Å². The highest BCUT2D eigenvalue weighted by Crippen LogP contribution is 2.23. The van der Waals surface area contributed by atoms with E-state index in [1.54, 1.807) is 26.8 Å². The summed E-state index contributed by atoms with van der Waals surface area (Å²) in [5.41, 5.74) is 0.0496. The molecule has 2 amide bonds. The van der Waals surface area contributed by atoms with Crippen molar-refractivity contribution < 1.29 is 23.1 Å². The summed E-state index contributed by atoms with van der Waals surface area (Å²) in [5.74, 6) is -0.939. The summed E-state index contributed by atoms with van der Waals surface area (Å²) in [4.78, 5) is 22.8. The molecule has 24 heavy (non-hydrogen) atoms. The van der Waals surface area contributed by atoms with Crippen LogP contribution < -0.4 is 15.4 Å². The van der Waals surface area contributed by atoms with Gasteiger partial charge in [0.15, 0.2) is 0 Å². The highest BCUT2D eigenvalue weighted by Gasteiger charge is 2.22. The van der Waals surface area contributed by atoms with Crippen molar-refractivity contribution in [3.8, 4) is 0 Å². The lowest BCUT2D eigenvalue weighted by atomic mass is 9.99. The number of nitrogens with one attached hydrogen (secondary N) is 3. The molecule has 0 fully saturated rings. The van der Waals surface area contributed by atoms with Crippen LogP contribution in [0.5, 0.6) is 0 Å². The van der Waals surface area contributed by atoms with Crippen molar-refractivity contribution in [1.29, 1.82) is 0 Å². The van der Waals surface area contributed by atoms with E-state index in [0.29, 0.717) is 11.3 Å². The van der Waals surface area contributed by atoms with E-state index in [0.717, 1.165) is 0 Å². The third-order valence-electron chi connectivity index (χ3n) is 3.51. The fourth-order valence-corrected chi connectivity index (χ4v) is 3.08. The van der Waals surface area contributed by atoms with E-state index in [9.17, 15) is 18.0 Å². The average molecular weight is 357 g/mol. The van der Waals surface area contributed by atoms with Crippen LogP contribution in [0.25, 0.3) is 0 Å². The second-order valence-electron chi connectivity index (χ2n) is 5.99. The number of sulfonamides is 1. The number of carboxylic acid groups (broad SMARTS) is 1. The van der Waals surface area contributed by atoms with Crippen molar-refractivity contribution in [2.45, 2.75) is 44.0 Å². The van der Waals surface area contributed by atoms with Gasteiger partial charge in [0.2, 0.25) is 10.0 Å². The van der Waals surface area contributed by atoms with E-state index in [2.05, 4.69) is 15.4 Å². The first-order valence-electron chi connectivity index (χ1n) is 7.32. The van der Waals surface area contributed by atoms with Crippen molar-refractivity contribution >= 4 is 27.7 Å². The quantitative estimate of drug-likeness (QED) is 0.591. The molecule has 1 aromatic rings. The van der Waals surface area contributed by atoms with Crippen LogP contribution in [0.2, 0.25) is 0 Å². The normalized spacial score (nSPS) is 11.8. The Hall–Kier alpha value is -2.13. The number of benzene rings is 1. The highest BCUT2D eigenvalue weighted by atomic mass is 32.2. The van der Waals surface area contributed by atoms with Crippen LogP contribution >= 0.6 is 0 Å². The second-order valence-corrected chi connectivity index (χ2v) is 7.85. The van der Waals surface area contributed by atoms with Gasteiger partial charge in [-0.15, -0.1) is 0 Å². The molecule has 0 unspecified atom stereocenters. The molecule has 0 saturated carbocycles. The van der Waals surface area contributed by atoms with Crippen LogP contribution in [-0.4, -0.2) is 38.1 Å². The summed E-state index contributed by atoms with van der Waals surface area (Å²) >= 11 is 0. The van der Waals surface area contributed by atoms with E-state index < -0.39 is 27.6 Å². The monoisotopic (exact) mass is 357 g/mol. The molecule has 4 N–H and O–H groups in total. The maximum Gasteiger partial charge on any atom is 0.319 e. The van der Waals surface area contributed by atoms with E-state index >= 15 is 0 Å². The molecule has 8 nitrogen and oxygen atoms in total. The van der Waals surface area contributed by atoms with Gasteiger partial charge in [-0.2, -0.15) is 0 Å². The van der Waals surface area contributed by atoms with E-state index in [1.165, 1.54) is 19.2 Å². The van der Waals surface area contributed by atoms with Gasteiger partial charge >= 0.3 is 12.0 Å². The molecule has 0 aliphatic heterocycles. The average Bonchev–Trinajstić information content (AvgIpc) is 2.46. The standard InChI is InChI=1S/C15H23N3O5S/c1-10-11(6-5-7-12(10)24(22,23)16-4)17-14(21)18-15(2,3)9-8-13(19)20/h5-7,16H,8-9H2,1-4H3,(H,19,20)(H2,17,18,21). The van der Waals surface area contributed by atoms with Gasteiger partial charge in [-0.05, 0) is 51.9 Å². The lowest BCUT2D eigenvalue weighted by Crippen LogP contribution is -2.45. The fraction of sp³-hybridized carbons (Fsp3) is 0.467. The Morgan fingerprint density at radius 2 is 1.88 bits per heavy atom. The van der Waals surface area contributed by atoms with Crippen molar-refractivity contribution in [1.82, 2.24) is 10.0 Å². The Kier molecular flexibility index (Phi) is 6.33. The number of aliphatic carboxylic acids is 1. The first-order chi connectivity index (χ1) is 11.0. The molecular formula is C15H23N3O5S. The number of hydrogen-bond acceptors (Lipinski definition) is 4. The minimum absolute atomic E-state index is 0.0673. The van der Waals surface area contributed by atoms with Crippen LogP contribution in [-0.2, 0) is 14.8 Å². The Bertz CT molecular complexity index is 729. The van der Waals surface area contributed by atoms with Gasteiger partial charge in [-0.25, -0.2) is 17.9 Å². The molecule has 0 aromatic heterocycles. The first kappa shape index (κ1) is 19.9. The molecule has 0 radical (unpaired) electrons. The zero-order valence-corrected chi connectivity index (χ0v) is 15.0. The highest BCUT2D eigenvalue weighted by molar-refractivity contribution is 7.89. The Morgan fingerprint density at radius 1 is 1.25 bits per heavy atom. The maximum absolute atomic E-state index is 12.1. The van der Waals surface area contributed by atoms with Crippen molar-refractivity contribution in [3.05, 3.63) is 23.8 Å². The van der Waals surface area contributed by atoms with Gasteiger partial charge in [0.1, 0.15) is 0 Å². The van der Waals surface area contributed by atoms with Crippen LogP contribution in [0.4, 0.5) is 10.5 Å². The summed E-state index contributed by atoms with van der Waals surface area (Å²) in [5, 5.41) is 14.0. The maximum atomic E-state index is 12.1. The Balaban J connectivity index is 2.89. The molecular weight excluding hydrogens is 334 g/mol. The van der Waals surface area contributed by atoms with E-state index in [1.807, 2.05) is 0 Å². The van der Waals surface area contributed by atoms with Crippen molar-refractivity contribution in [3.63, 3.8) is 0 Å².